The zero-order valence-corrected chi connectivity index (χ0v) is 11.4. The van der Waals surface area contributed by atoms with Crippen LogP contribution in [-0.4, -0.2) is 23.6 Å². The van der Waals surface area contributed by atoms with E-state index < -0.39 is 11.4 Å². The van der Waals surface area contributed by atoms with Crippen molar-refractivity contribution in [2.45, 2.75) is 27.2 Å². The molecule has 0 aromatic heterocycles. The fourth-order valence-electron chi connectivity index (χ4n) is 1.24. The number of carbonyl (C=O) groups excluding carboxylic acids is 1. The van der Waals surface area contributed by atoms with Crippen LogP contribution in [-0.2, 0) is 9.59 Å². The highest BCUT2D eigenvalue weighted by atomic mass is 16.5. The lowest BCUT2D eigenvalue weighted by molar-refractivity contribution is -0.139. The smallest absolute Gasteiger partial charge is 0.341 e. The summed E-state index contributed by atoms with van der Waals surface area (Å²) in [6, 6.07) is 6.61. The Balaban J connectivity index is 2.62. The number of carboxylic acids is 1. The van der Waals surface area contributed by atoms with Crippen molar-refractivity contribution in [3.05, 3.63) is 24.3 Å². The summed E-state index contributed by atoms with van der Waals surface area (Å²) in [4.78, 5) is 22.3. The fourth-order valence-corrected chi connectivity index (χ4v) is 1.24. The first-order valence-corrected chi connectivity index (χ1v) is 6.11. The molecule has 0 fully saturated rings. The van der Waals surface area contributed by atoms with Crippen molar-refractivity contribution in [2.24, 2.45) is 5.41 Å². The van der Waals surface area contributed by atoms with Crippen LogP contribution in [0.25, 0.3) is 0 Å². The quantitative estimate of drug-likeness (QED) is 0.828. The molecule has 0 heterocycles. The van der Waals surface area contributed by atoms with E-state index in [1.807, 2.05) is 20.8 Å². The van der Waals surface area contributed by atoms with Crippen LogP contribution >= 0.6 is 0 Å². The molecule has 2 N–H and O–H groups in total. The number of nitrogens with one attached hydrogen (secondary N) is 1. The Bertz CT molecular complexity index is 451. The summed E-state index contributed by atoms with van der Waals surface area (Å²) in [5.41, 5.74) is 0.243. The van der Waals surface area contributed by atoms with Crippen molar-refractivity contribution in [1.82, 2.24) is 0 Å². The number of amides is 1. The van der Waals surface area contributed by atoms with Crippen molar-refractivity contribution in [3.63, 3.8) is 0 Å². The Labute approximate surface area is 112 Å². The lowest BCUT2D eigenvalue weighted by Crippen LogP contribution is -2.29. The fraction of sp³-hybridized carbons (Fsp3) is 0.429. The molecule has 104 valence electrons. The minimum Gasteiger partial charge on any atom is -0.482 e. The number of carboxylic acid groups (broad SMARTS) is 1. The maximum Gasteiger partial charge on any atom is 0.341 e. The predicted octanol–water partition coefficient (Wildman–Crippen LogP) is 2.52. The number of aliphatic carboxylic acids is 1. The van der Waals surface area contributed by atoms with Crippen LogP contribution in [0.2, 0.25) is 0 Å². The summed E-state index contributed by atoms with van der Waals surface area (Å²) in [6.45, 7) is 5.34. The van der Waals surface area contributed by atoms with Gasteiger partial charge in [-0.25, -0.2) is 4.79 Å². The molecular formula is C14H19NO4. The van der Waals surface area contributed by atoms with Gasteiger partial charge in [0, 0.05) is 11.1 Å². The standard InChI is InChI=1S/C14H19NO4/c1-4-14(2,3)13(18)15-10-5-7-11(8-6-10)19-9-12(16)17/h5-8H,4,9H2,1-3H3,(H,15,18)(H,16,17). The first-order valence-electron chi connectivity index (χ1n) is 6.11. The molecule has 0 spiro atoms. The van der Waals surface area contributed by atoms with Crippen molar-refractivity contribution in [3.8, 4) is 5.75 Å². The monoisotopic (exact) mass is 265 g/mol. The van der Waals surface area contributed by atoms with Crippen molar-refractivity contribution in [1.29, 1.82) is 0 Å². The molecule has 1 aromatic rings. The van der Waals surface area contributed by atoms with Gasteiger partial charge in [-0.3, -0.25) is 4.79 Å². The lowest BCUT2D eigenvalue weighted by Gasteiger charge is -2.21. The molecular weight excluding hydrogens is 246 g/mol. The number of ether oxygens (including phenoxy) is 1. The Morgan fingerprint density at radius 3 is 2.32 bits per heavy atom. The molecule has 0 saturated heterocycles. The average molecular weight is 265 g/mol. The summed E-state index contributed by atoms with van der Waals surface area (Å²) in [5.74, 6) is -0.619. The molecule has 0 aliphatic carbocycles. The molecule has 1 amide bonds. The Kier molecular flexibility index (Phi) is 4.92. The van der Waals surface area contributed by atoms with Gasteiger partial charge in [-0.2, -0.15) is 0 Å². The number of rotatable bonds is 6. The molecule has 0 unspecified atom stereocenters. The first kappa shape index (κ1) is 15.0. The minimum absolute atomic E-state index is 0.0470. The summed E-state index contributed by atoms with van der Waals surface area (Å²) in [5, 5.41) is 11.3. The minimum atomic E-state index is -1.03. The van der Waals surface area contributed by atoms with Gasteiger partial charge in [-0.1, -0.05) is 20.8 Å². The van der Waals surface area contributed by atoms with Crippen LogP contribution in [0.4, 0.5) is 5.69 Å². The van der Waals surface area contributed by atoms with Gasteiger partial charge in [-0.15, -0.1) is 0 Å². The Hall–Kier alpha value is -2.04. The number of carbonyl (C=O) groups is 2. The molecule has 5 heteroatoms. The molecule has 0 aliphatic rings. The SMILES string of the molecule is CCC(C)(C)C(=O)Nc1ccc(OCC(=O)O)cc1. The third-order valence-corrected chi connectivity index (χ3v) is 2.97. The van der Waals surface area contributed by atoms with Gasteiger partial charge in [0.1, 0.15) is 5.75 Å². The molecule has 1 aromatic carbocycles. The summed E-state index contributed by atoms with van der Waals surface area (Å²) in [6.07, 6.45) is 0.749. The van der Waals surface area contributed by atoms with Gasteiger partial charge in [0.15, 0.2) is 6.61 Å². The second kappa shape index (κ2) is 6.22. The van der Waals surface area contributed by atoms with E-state index in [0.29, 0.717) is 11.4 Å². The third-order valence-electron chi connectivity index (χ3n) is 2.97. The van der Waals surface area contributed by atoms with E-state index in [0.717, 1.165) is 6.42 Å². The van der Waals surface area contributed by atoms with Crippen LogP contribution in [0.1, 0.15) is 27.2 Å². The van der Waals surface area contributed by atoms with Crippen LogP contribution in [0.3, 0.4) is 0 Å². The van der Waals surface area contributed by atoms with E-state index in [9.17, 15) is 9.59 Å². The molecule has 5 nitrogen and oxygen atoms in total. The highest BCUT2D eigenvalue weighted by molar-refractivity contribution is 5.94. The highest BCUT2D eigenvalue weighted by Crippen LogP contribution is 2.23. The van der Waals surface area contributed by atoms with Crippen molar-refractivity contribution in [2.75, 3.05) is 11.9 Å². The van der Waals surface area contributed by atoms with Gasteiger partial charge in [0.05, 0.1) is 0 Å². The van der Waals surface area contributed by atoms with E-state index in [1.54, 1.807) is 24.3 Å². The largest absolute Gasteiger partial charge is 0.482 e. The topological polar surface area (TPSA) is 75.6 Å². The maximum absolute atomic E-state index is 11.9. The van der Waals surface area contributed by atoms with Crippen LogP contribution in [0.15, 0.2) is 24.3 Å². The number of hydrogen-bond donors (Lipinski definition) is 2. The third kappa shape index (κ3) is 4.62. The van der Waals surface area contributed by atoms with Crippen molar-refractivity contribution >= 4 is 17.6 Å². The van der Waals surface area contributed by atoms with E-state index >= 15 is 0 Å². The van der Waals surface area contributed by atoms with Gasteiger partial charge in [-0.05, 0) is 30.7 Å². The Morgan fingerprint density at radius 1 is 1.26 bits per heavy atom. The van der Waals surface area contributed by atoms with Crippen LogP contribution < -0.4 is 10.1 Å². The average Bonchev–Trinajstić information content (AvgIpc) is 2.37. The number of hydrogen-bond acceptors (Lipinski definition) is 3. The van der Waals surface area contributed by atoms with Gasteiger partial charge < -0.3 is 15.2 Å². The van der Waals surface area contributed by atoms with E-state index in [1.165, 1.54) is 0 Å². The summed E-state index contributed by atoms with van der Waals surface area (Å²) in [7, 11) is 0. The zero-order chi connectivity index (χ0) is 14.5. The molecule has 0 saturated carbocycles. The summed E-state index contributed by atoms with van der Waals surface area (Å²) >= 11 is 0. The zero-order valence-electron chi connectivity index (χ0n) is 11.4. The lowest BCUT2D eigenvalue weighted by atomic mass is 9.89. The normalized spacial score (nSPS) is 10.9. The van der Waals surface area contributed by atoms with Gasteiger partial charge in [0.25, 0.3) is 0 Å². The predicted molar refractivity (Wildman–Crippen MR) is 72.3 cm³/mol. The molecule has 0 aliphatic heterocycles. The van der Waals surface area contributed by atoms with Crippen LogP contribution in [0, 0.1) is 5.41 Å². The number of benzene rings is 1. The van der Waals surface area contributed by atoms with Crippen LogP contribution in [0.5, 0.6) is 5.75 Å². The second-order valence-electron chi connectivity index (χ2n) is 4.90. The molecule has 0 radical (unpaired) electrons. The molecule has 0 bridgehead atoms. The van der Waals surface area contributed by atoms with Crippen molar-refractivity contribution < 1.29 is 19.4 Å². The van der Waals surface area contributed by atoms with Gasteiger partial charge in [0.2, 0.25) is 5.91 Å². The van der Waals surface area contributed by atoms with E-state index in [4.69, 9.17) is 9.84 Å². The molecule has 1 rings (SSSR count). The summed E-state index contributed by atoms with van der Waals surface area (Å²) < 4.78 is 5.00. The van der Waals surface area contributed by atoms with E-state index in [2.05, 4.69) is 5.32 Å². The number of anilines is 1. The second-order valence-corrected chi connectivity index (χ2v) is 4.90. The van der Waals surface area contributed by atoms with Gasteiger partial charge >= 0.3 is 5.97 Å². The maximum atomic E-state index is 11.9. The molecule has 19 heavy (non-hydrogen) atoms. The first-order chi connectivity index (χ1) is 8.85. The molecule has 0 atom stereocenters. The highest BCUT2D eigenvalue weighted by Gasteiger charge is 2.25. The Morgan fingerprint density at radius 2 is 1.84 bits per heavy atom. The van der Waals surface area contributed by atoms with E-state index in [-0.39, 0.29) is 12.5 Å².